The minimum absolute atomic E-state index is 0.188. The van der Waals surface area contributed by atoms with Crippen LogP contribution in [0.3, 0.4) is 0 Å². The lowest BCUT2D eigenvalue weighted by molar-refractivity contribution is 0.0605. The van der Waals surface area contributed by atoms with Gasteiger partial charge >= 0.3 is 0 Å². The lowest BCUT2D eigenvalue weighted by Crippen LogP contribution is -2.56. The van der Waals surface area contributed by atoms with Gasteiger partial charge in [0.1, 0.15) is 5.69 Å². The van der Waals surface area contributed by atoms with Crippen LogP contribution in [0.2, 0.25) is 0 Å². The topological polar surface area (TPSA) is 37.3 Å². The largest absolute Gasteiger partial charge is 0.340 e. The second-order valence-electron chi connectivity index (χ2n) is 5.65. The maximum atomic E-state index is 12.6. The van der Waals surface area contributed by atoms with Gasteiger partial charge in [-0.1, -0.05) is 0 Å². The highest BCUT2D eigenvalue weighted by molar-refractivity contribution is 5.93. The predicted octanol–water partition coefficient (Wildman–Crippen LogP) is 1.65. The number of aromatic nitrogens is 1. The summed E-state index contributed by atoms with van der Waals surface area (Å²) in [5.74, 6) is 0.188. The molecule has 1 aliphatic carbocycles. The van der Waals surface area contributed by atoms with Crippen LogP contribution in [0, 0.1) is 0 Å². The van der Waals surface area contributed by atoms with E-state index >= 15 is 0 Å². The minimum Gasteiger partial charge on any atom is -0.340 e. The van der Waals surface area contributed by atoms with E-state index in [4.69, 9.17) is 0 Å². The standard InChI is InChI=1S/C14H21N3O/c1-10-9-17(11(2)8-15-10)14(18)13-4-3-7-16(13)12-5-6-12/h3-4,7,10-12,15H,5-6,8-9H2,1-2H3. The third kappa shape index (κ3) is 2.05. The smallest absolute Gasteiger partial charge is 0.270 e. The van der Waals surface area contributed by atoms with Crippen LogP contribution in [0.15, 0.2) is 18.3 Å². The van der Waals surface area contributed by atoms with Crippen molar-refractivity contribution in [2.45, 2.75) is 44.8 Å². The van der Waals surface area contributed by atoms with Crippen LogP contribution in [-0.4, -0.2) is 40.5 Å². The van der Waals surface area contributed by atoms with Gasteiger partial charge in [-0.2, -0.15) is 0 Å². The van der Waals surface area contributed by atoms with Gasteiger partial charge in [0.25, 0.3) is 5.91 Å². The molecule has 1 aliphatic heterocycles. The fourth-order valence-electron chi connectivity index (χ4n) is 2.70. The number of hydrogen-bond acceptors (Lipinski definition) is 2. The number of piperazine rings is 1. The molecule has 2 unspecified atom stereocenters. The second kappa shape index (κ2) is 4.43. The zero-order valence-corrected chi connectivity index (χ0v) is 11.1. The molecule has 0 radical (unpaired) electrons. The number of carbonyl (C=O) groups excluding carboxylic acids is 1. The normalized spacial score (nSPS) is 28.4. The van der Waals surface area contributed by atoms with Crippen molar-refractivity contribution in [3.05, 3.63) is 24.0 Å². The first-order chi connectivity index (χ1) is 8.66. The van der Waals surface area contributed by atoms with Crippen molar-refractivity contribution >= 4 is 5.91 Å². The quantitative estimate of drug-likeness (QED) is 0.862. The van der Waals surface area contributed by atoms with E-state index < -0.39 is 0 Å². The molecule has 1 aromatic heterocycles. The van der Waals surface area contributed by atoms with Crippen LogP contribution in [0.4, 0.5) is 0 Å². The first-order valence-electron chi connectivity index (χ1n) is 6.88. The number of hydrogen-bond donors (Lipinski definition) is 1. The van der Waals surface area contributed by atoms with E-state index in [1.54, 1.807) is 0 Å². The molecular weight excluding hydrogens is 226 g/mol. The molecule has 1 saturated heterocycles. The fourth-order valence-corrected chi connectivity index (χ4v) is 2.70. The summed E-state index contributed by atoms with van der Waals surface area (Å²) in [5, 5.41) is 3.41. The molecule has 3 rings (SSSR count). The monoisotopic (exact) mass is 247 g/mol. The van der Waals surface area contributed by atoms with Gasteiger partial charge in [-0.25, -0.2) is 0 Å². The van der Waals surface area contributed by atoms with Crippen molar-refractivity contribution < 1.29 is 4.79 Å². The Hall–Kier alpha value is -1.29. The number of carbonyl (C=O) groups is 1. The van der Waals surface area contributed by atoms with Crippen molar-refractivity contribution in [3.63, 3.8) is 0 Å². The third-order valence-corrected chi connectivity index (χ3v) is 3.96. The van der Waals surface area contributed by atoms with E-state index in [0.29, 0.717) is 12.1 Å². The molecule has 1 N–H and O–H groups in total. The highest BCUT2D eigenvalue weighted by Crippen LogP contribution is 2.36. The minimum atomic E-state index is 0.188. The molecule has 4 nitrogen and oxygen atoms in total. The molecule has 1 aromatic rings. The van der Waals surface area contributed by atoms with Crippen LogP contribution >= 0.6 is 0 Å². The summed E-state index contributed by atoms with van der Waals surface area (Å²) in [7, 11) is 0. The lowest BCUT2D eigenvalue weighted by atomic mass is 10.1. The molecule has 2 heterocycles. The van der Waals surface area contributed by atoms with Crippen molar-refractivity contribution in [2.75, 3.05) is 13.1 Å². The Morgan fingerprint density at radius 3 is 2.89 bits per heavy atom. The molecule has 2 atom stereocenters. The summed E-state index contributed by atoms with van der Waals surface area (Å²) >= 11 is 0. The Morgan fingerprint density at radius 2 is 2.17 bits per heavy atom. The molecular formula is C14H21N3O. The number of nitrogens with one attached hydrogen (secondary N) is 1. The van der Waals surface area contributed by atoms with Gasteiger partial charge in [-0.05, 0) is 38.8 Å². The summed E-state index contributed by atoms with van der Waals surface area (Å²) in [5.41, 5.74) is 0.860. The second-order valence-corrected chi connectivity index (χ2v) is 5.65. The summed E-state index contributed by atoms with van der Waals surface area (Å²) in [6, 6.07) is 5.17. The van der Waals surface area contributed by atoms with E-state index in [1.807, 2.05) is 23.2 Å². The van der Waals surface area contributed by atoms with E-state index in [1.165, 1.54) is 12.8 Å². The average molecular weight is 247 g/mol. The van der Waals surface area contributed by atoms with Gasteiger partial charge in [0.15, 0.2) is 0 Å². The molecule has 98 valence electrons. The lowest BCUT2D eigenvalue weighted by Gasteiger charge is -2.37. The summed E-state index contributed by atoms with van der Waals surface area (Å²) < 4.78 is 2.15. The number of rotatable bonds is 2. The Morgan fingerprint density at radius 1 is 1.39 bits per heavy atom. The molecule has 0 bridgehead atoms. The van der Waals surface area contributed by atoms with Crippen molar-refractivity contribution in [2.24, 2.45) is 0 Å². The predicted molar refractivity (Wildman–Crippen MR) is 70.7 cm³/mol. The Balaban J connectivity index is 1.82. The molecule has 2 fully saturated rings. The van der Waals surface area contributed by atoms with E-state index in [2.05, 4.69) is 23.7 Å². The van der Waals surface area contributed by atoms with E-state index in [0.717, 1.165) is 18.8 Å². The van der Waals surface area contributed by atoms with Gasteiger partial charge in [0.05, 0.1) is 0 Å². The van der Waals surface area contributed by atoms with Crippen molar-refractivity contribution in [1.82, 2.24) is 14.8 Å². The van der Waals surface area contributed by atoms with E-state index in [9.17, 15) is 4.79 Å². The van der Waals surface area contributed by atoms with Gasteiger partial charge in [0, 0.05) is 37.4 Å². The van der Waals surface area contributed by atoms with Crippen LogP contribution in [0.1, 0.15) is 43.2 Å². The third-order valence-electron chi connectivity index (χ3n) is 3.96. The zero-order chi connectivity index (χ0) is 12.7. The molecule has 0 spiro atoms. The summed E-state index contributed by atoms with van der Waals surface area (Å²) in [6.07, 6.45) is 4.46. The highest BCUT2D eigenvalue weighted by Gasteiger charge is 2.32. The fraction of sp³-hybridized carbons (Fsp3) is 0.643. The average Bonchev–Trinajstić information content (AvgIpc) is 3.09. The summed E-state index contributed by atoms with van der Waals surface area (Å²) in [6.45, 7) is 5.93. The zero-order valence-electron chi connectivity index (χ0n) is 11.1. The Kier molecular flexibility index (Phi) is 2.90. The number of nitrogens with zero attached hydrogens (tertiary/aromatic N) is 2. The first-order valence-corrected chi connectivity index (χ1v) is 6.88. The van der Waals surface area contributed by atoms with E-state index in [-0.39, 0.29) is 11.9 Å². The molecule has 18 heavy (non-hydrogen) atoms. The van der Waals surface area contributed by atoms with Crippen LogP contribution in [0.5, 0.6) is 0 Å². The SMILES string of the molecule is CC1CN(C(=O)c2cccn2C2CC2)C(C)CN1. The van der Waals surface area contributed by atoms with Gasteiger partial charge in [0.2, 0.25) is 0 Å². The van der Waals surface area contributed by atoms with Crippen LogP contribution < -0.4 is 5.32 Å². The number of amides is 1. The van der Waals surface area contributed by atoms with Crippen LogP contribution in [0.25, 0.3) is 0 Å². The molecule has 0 aromatic carbocycles. The maximum Gasteiger partial charge on any atom is 0.270 e. The Bertz CT molecular complexity index is 450. The van der Waals surface area contributed by atoms with Crippen molar-refractivity contribution in [1.29, 1.82) is 0 Å². The molecule has 4 heteroatoms. The molecule has 1 amide bonds. The maximum absolute atomic E-state index is 12.6. The highest BCUT2D eigenvalue weighted by atomic mass is 16.2. The van der Waals surface area contributed by atoms with Crippen molar-refractivity contribution in [3.8, 4) is 0 Å². The first kappa shape index (κ1) is 11.8. The van der Waals surface area contributed by atoms with Gasteiger partial charge in [-0.15, -0.1) is 0 Å². The molecule has 2 aliphatic rings. The molecule has 1 saturated carbocycles. The summed E-state index contributed by atoms with van der Waals surface area (Å²) in [4.78, 5) is 14.7. The van der Waals surface area contributed by atoms with Gasteiger partial charge in [-0.3, -0.25) is 4.79 Å². The Labute approximate surface area is 108 Å². The van der Waals surface area contributed by atoms with Crippen LogP contribution in [-0.2, 0) is 0 Å². The van der Waals surface area contributed by atoms with Gasteiger partial charge < -0.3 is 14.8 Å².